The first kappa shape index (κ1) is 15.9. The van der Waals surface area contributed by atoms with E-state index in [0.717, 1.165) is 32.4 Å². The Bertz CT molecular complexity index is 166. The number of nitrogens with two attached hydrogens (primary N) is 1. The summed E-state index contributed by atoms with van der Waals surface area (Å²) in [6.07, 6.45) is 4.27. The zero-order chi connectivity index (χ0) is 12.6. The van der Waals surface area contributed by atoms with E-state index >= 15 is 0 Å². The third-order valence-corrected chi connectivity index (χ3v) is 3.13. The fourth-order valence-electron chi connectivity index (χ4n) is 1.57. The molecule has 0 aromatic heterocycles. The Labute approximate surface area is 101 Å². The summed E-state index contributed by atoms with van der Waals surface area (Å²) in [6, 6.07) is 0.271. The van der Waals surface area contributed by atoms with E-state index in [1.807, 2.05) is 0 Å². The molecule has 1 atom stereocenters. The maximum atomic E-state index is 8.67. The van der Waals surface area contributed by atoms with E-state index in [9.17, 15) is 0 Å². The van der Waals surface area contributed by atoms with Gasteiger partial charge >= 0.3 is 0 Å². The van der Waals surface area contributed by atoms with Gasteiger partial charge in [0, 0.05) is 12.6 Å². The van der Waals surface area contributed by atoms with Crippen LogP contribution in [0.25, 0.3) is 0 Å². The van der Waals surface area contributed by atoms with Crippen LogP contribution < -0.4 is 5.73 Å². The molecule has 0 aromatic rings. The van der Waals surface area contributed by atoms with Crippen molar-refractivity contribution in [1.29, 1.82) is 0 Å². The predicted octanol–water partition coefficient (Wildman–Crippen LogP) is 1.84. The lowest BCUT2D eigenvalue weighted by atomic mass is 9.85. The number of nitrogens with zero attached hydrogens (tertiary/aromatic N) is 1. The zero-order valence-electron chi connectivity index (χ0n) is 11.5. The maximum absolute atomic E-state index is 8.67. The van der Waals surface area contributed by atoms with Crippen LogP contribution in [0.15, 0.2) is 0 Å². The fraction of sp³-hybridized carbons (Fsp3) is 1.00. The fourth-order valence-corrected chi connectivity index (χ4v) is 1.57. The van der Waals surface area contributed by atoms with Crippen LogP contribution in [0.5, 0.6) is 0 Å². The second-order valence-electron chi connectivity index (χ2n) is 5.85. The molecule has 0 saturated carbocycles. The van der Waals surface area contributed by atoms with Crippen molar-refractivity contribution in [3.05, 3.63) is 0 Å². The van der Waals surface area contributed by atoms with Gasteiger partial charge in [-0.2, -0.15) is 0 Å². The predicted molar refractivity (Wildman–Crippen MR) is 70.5 cm³/mol. The molecule has 3 heteroatoms. The molecule has 3 nitrogen and oxygen atoms in total. The summed E-state index contributed by atoms with van der Waals surface area (Å²) in [7, 11) is 2.15. The second kappa shape index (κ2) is 8.04. The minimum Gasteiger partial charge on any atom is -0.396 e. The summed E-state index contributed by atoms with van der Waals surface area (Å²) in [4.78, 5) is 2.34. The van der Waals surface area contributed by atoms with Crippen molar-refractivity contribution in [3.63, 3.8) is 0 Å². The molecule has 16 heavy (non-hydrogen) atoms. The van der Waals surface area contributed by atoms with Crippen molar-refractivity contribution in [3.8, 4) is 0 Å². The summed E-state index contributed by atoms with van der Waals surface area (Å²) >= 11 is 0. The first-order valence-corrected chi connectivity index (χ1v) is 6.43. The molecule has 0 heterocycles. The minimum absolute atomic E-state index is 0.206. The van der Waals surface area contributed by atoms with Crippen LogP contribution in [-0.2, 0) is 0 Å². The van der Waals surface area contributed by atoms with Crippen molar-refractivity contribution in [2.75, 3.05) is 26.7 Å². The first-order valence-electron chi connectivity index (χ1n) is 6.43. The average molecular weight is 230 g/mol. The van der Waals surface area contributed by atoms with Crippen molar-refractivity contribution in [1.82, 2.24) is 4.90 Å². The van der Waals surface area contributed by atoms with Crippen LogP contribution in [0, 0.1) is 5.41 Å². The molecule has 0 aromatic carbocycles. The van der Waals surface area contributed by atoms with Gasteiger partial charge in [0.05, 0.1) is 0 Å². The van der Waals surface area contributed by atoms with Gasteiger partial charge in [-0.3, -0.25) is 0 Å². The summed E-state index contributed by atoms with van der Waals surface area (Å²) in [5.41, 5.74) is 6.32. The van der Waals surface area contributed by atoms with Crippen molar-refractivity contribution in [2.24, 2.45) is 11.1 Å². The highest BCUT2D eigenvalue weighted by molar-refractivity contribution is 4.77. The molecule has 0 bridgehead atoms. The SMILES string of the molecule is CN(CCCCCO)CCC(N)C(C)(C)C. The Hall–Kier alpha value is -0.120. The molecule has 1 unspecified atom stereocenters. The molecule has 0 saturated heterocycles. The Balaban J connectivity index is 3.53. The third-order valence-electron chi connectivity index (χ3n) is 3.13. The summed E-state index contributed by atoms with van der Waals surface area (Å²) < 4.78 is 0. The van der Waals surface area contributed by atoms with Gasteiger partial charge < -0.3 is 15.7 Å². The van der Waals surface area contributed by atoms with Crippen LogP contribution in [-0.4, -0.2) is 42.8 Å². The number of aliphatic hydroxyl groups excluding tert-OH is 1. The molecule has 0 amide bonds. The van der Waals surface area contributed by atoms with Gasteiger partial charge in [-0.05, 0) is 51.2 Å². The molecular weight excluding hydrogens is 200 g/mol. The van der Waals surface area contributed by atoms with Crippen LogP contribution in [0.1, 0.15) is 46.5 Å². The maximum Gasteiger partial charge on any atom is 0.0431 e. The number of hydrogen-bond donors (Lipinski definition) is 2. The van der Waals surface area contributed by atoms with Crippen LogP contribution in [0.2, 0.25) is 0 Å². The molecule has 0 rings (SSSR count). The summed E-state index contributed by atoms with van der Waals surface area (Å²) in [5.74, 6) is 0. The van der Waals surface area contributed by atoms with Gasteiger partial charge in [0.15, 0.2) is 0 Å². The van der Waals surface area contributed by atoms with Crippen molar-refractivity contribution >= 4 is 0 Å². The van der Waals surface area contributed by atoms with Crippen LogP contribution in [0.3, 0.4) is 0 Å². The topological polar surface area (TPSA) is 49.5 Å². The van der Waals surface area contributed by atoms with Gasteiger partial charge in [0.1, 0.15) is 0 Å². The quantitative estimate of drug-likeness (QED) is 0.626. The van der Waals surface area contributed by atoms with E-state index in [-0.39, 0.29) is 11.5 Å². The lowest BCUT2D eigenvalue weighted by Crippen LogP contribution is -2.38. The lowest BCUT2D eigenvalue weighted by Gasteiger charge is -2.28. The first-order chi connectivity index (χ1) is 7.38. The number of aliphatic hydroxyl groups is 1. The molecule has 3 N–H and O–H groups in total. The van der Waals surface area contributed by atoms with Crippen LogP contribution in [0.4, 0.5) is 0 Å². The Morgan fingerprint density at radius 3 is 2.25 bits per heavy atom. The largest absolute Gasteiger partial charge is 0.396 e. The van der Waals surface area contributed by atoms with E-state index in [0.29, 0.717) is 6.61 Å². The van der Waals surface area contributed by atoms with Crippen LogP contribution >= 0.6 is 0 Å². The van der Waals surface area contributed by atoms with Crippen molar-refractivity contribution < 1.29 is 5.11 Å². The molecule has 0 fully saturated rings. The third kappa shape index (κ3) is 8.08. The van der Waals surface area contributed by atoms with Gasteiger partial charge in [-0.25, -0.2) is 0 Å². The Morgan fingerprint density at radius 2 is 1.75 bits per heavy atom. The smallest absolute Gasteiger partial charge is 0.0431 e. The number of hydrogen-bond acceptors (Lipinski definition) is 3. The normalized spacial score (nSPS) is 14.4. The lowest BCUT2D eigenvalue weighted by molar-refractivity contribution is 0.246. The highest BCUT2D eigenvalue weighted by Gasteiger charge is 2.20. The Morgan fingerprint density at radius 1 is 1.12 bits per heavy atom. The molecule has 0 spiro atoms. The Kier molecular flexibility index (Phi) is 7.98. The number of unbranched alkanes of at least 4 members (excludes halogenated alkanes) is 2. The van der Waals surface area contributed by atoms with Gasteiger partial charge in [-0.1, -0.05) is 20.8 Å². The van der Waals surface area contributed by atoms with E-state index in [1.54, 1.807) is 0 Å². The average Bonchev–Trinajstić information content (AvgIpc) is 2.19. The highest BCUT2D eigenvalue weighted by Crippen LogP contribution is 2.19. The monoisotopic (exact) mass is 230 g/mol. The zero-order valence-corrected chi connectivity index (χ0v) is 11.5. The van der Waals surface area contributed by atoms with E-state index < -0.39 is 0 Å². The molecule has 0 aliphatic heterocycles. The van der Waals surface area contributed by atoms with Gasteiger partial charge in [0.25, 0.3) is 0 Å². The number of rotatable bonds is 8. The van der Waals surface area contributed by atoms with Gasteiger partial charge in [0.2, 0.25) is 0 Å². The van der Waals surface area contributed by atoms with Gasteiger partial charge in [-0.15, -0.1) is 0 Å². The van der Waals surface area contributed by atoms with E-state index in [4.69, 9.17) is 10.8 Å². The molecule has 98 valence electrons. The standard InChI is InChI=1S/C13H30N2O/c1-13(2,3)12(14)8-10-15(4)9-6-5-7-11-16/h12,16H,5-11,14H2,1-4H3. The van der Waals surface area contributed by atoms with Crippen molar-refractivity contribution in [2.45, 2.75) is 52.5 Å². The molecule has 0 aliphatic rings. The molecule has 0 radical (unpaired) electrons. The van der Waals surface area contributed by atoms with E-state index in [1.165, 1.54) is 6.42 Å². The highest BCUT2D eigenvalue weighted by atomic mass is 16.2. The summed E-state index contributed by atoms with van der Waals surface area (Å²) in [6.45, 7) is 9.07. The minimum atomic E-state index is 0.206. The second-order valence-corrected chi connectivity index (χ2v) is 5.85. The molecular formula is C13H30N2O. The van der Waals surface area contributed by atoms with E-state index in [2.05, 4.69) is 32.7 Å². The summed E-state index contributed by atoms with van der Waals surface area (Å²) in [5, 5.41) is 8.67. The molecule has 0 aliphatic carbocycles.